The summed E-state index contributed by atoms with van der Waals surface area (Å²) in [5, 5.41) is 21.2. The van der Waals surface area contributed by atoms with Crippen molar-refractivity contribution in [2.75, 3.05) is 0 Å². The van der Waals surface area contributed by atoms with Gasteiger partial charge in [-0.15, -0.1) is 0 Å². The van der Waals surface area contributed by atoms with Crippen LogP contribution in [0.3, 0.4) is 0 Å². The van der Waals surface area contributed by atoms with E-state index in [1.54, 1.807) is 24.3 Å². The summed E-state index contributed by atoms with van der Waals surface area (Å²) in [5.41, 5.74) is 3.07. The maximum Gasteiger partial charge on any atom is 0.116 e. The lowest BCUT2D eigenvalue weighted by molar-refractivity contribution is 0.475. The average Bonchev–Trinajstić information content (AvgIpc) is 2.37. The second-order valence-electron chi connectivity index (χ2n) is 4.80. The molecule has 0 spiro atoms. The number of hydrogen-bond donors (Lipinski definition) is 2. The minimum atomic E-state index is 0.272. The Labute approximate surface area is 111 Å². The molecule has 0 amide bonds. The van der Waals surface area contributed by atoms with Gasteiger partial charge in [-0.1, -0.05) is 24.3 Å². The first-order chi connectivity index (χ1) is 9.11. The zero-order valence-corrected chi connectivity index (χ0v) is 10.6. The van der Waals surface area contributed by atoms with Crippen LogP contribution in [0.15, 0.2) is 54.6 Å². The quantitative estimate of drug-likeness (QED) is 0.678. The van der Waals surface area contributed by atoms with Gasteiger partial charge in [-0.25, -0.2) is 0 Å². The highest BCUT2D eigenvalue weighted by atomic mass is 16.3. The Morgan fingerprint density at radius 2 is 1.37 bits per heavy atom. The predicted octanol–water partition coefficient (Wildman–Crippen LogP) is 4.23. The monoisotopic (exact) mass is 250 g/mol. The van der Waals surface area contributed by atoms with E-state index in [0.29, 0.717) is 0 Å². The number of fused-ring (bicyclic) bond motifs is 1. The highest BCUT2D eigenvalue weighted by molar-refractivity contribution is 5.88. The molecule has 2 nitrogen and oxygen atoms in total. The zero-order chi connectivity index (χ0) is 13.4. The zero-order valence-electron chi connectivity index (χ0n) is 10.6. The van der Waals surface area contributed by atoms with Crippen LogP contribution in [-0.4, -0.2) is 10.2 Å². The molecule has 19 heavy (non-hydrogen) atoms. The van der Waals surface area contributed by atoms with Crippen LogP contribution in [0.4, 0.5) is 0 Å². The van der Waals surface area contributed by atoms with Crippen LogP contribution in [0.2, 0.25) is 0 Å². The van der Waals surface area contributed by atoms with Gasteiger partial charge in [0.2, 0.25) is 0 Å². The Kier molecular flexibility index (Phi) is 2.64. The Morgan fingerprint density at radius 3 is 2.16 bits per heavy atom. The van der Waals surface area contributed by atoms with Gasteiger partial charge >= 0.3 is 0 Å². The fraction of sp³-hybridized carbons (Fsp3) is 0.0588. The molecule has 0 unspecified atom stereocenters. The average molecular weight is 250 g/mol. The van der Waals surface area contributed by atoms with Crippen molar-refractivity contribution in [3.05, 3.63) is 60.2 Å². The van der Waals surface area contributed by atoms with E-state index in [2.05, 4.69) is 6.07 Å². The molecule has 0 atom stereocenters. The van der Waals surface area contributed by atoms with E-state index < -0.39 is 0 Å². The van der Waals surface area contributed by atoms with Crippen molar-refractivity contribution in [1.82, 2.24) is 0 Å². The number of benzene rings is 3. The van der Waals surface area contributed by atoms with E-state index in [4.69, 9.17) is 0 Å². The molecule has 0 radical (unpaired) electrons. The van der Waals surface area contributed by atoms with E-state index in [-0.39, 0.29) is 11.5 Å². The van der Waals surface area contributed by atoms with Crippen molar-refractivity contribution in [1.29, 1.82) is 0 Å². The molecule has 0 fully saturated rings. The van der Waals surface area contributed by atoms with E-state index in [0.717, 1.165) is 27.5 Å². The molecular weight excluding hydrogens is 236 g/mol. The maximum atomic E-state index is 9.67. The third-order valence-electron chi connectivity index (χ3n) is 3.22. The molecule has 3 aromatic carbocycles. The molecule has 0 aliphatic carbocycles. The van der Waals surface area contributed by atoms with Crippen LogP contribution >= 0.6 is 0 Å². The molecule has 0 heterocycles. The number of phenolic OH excluding ortho intramolecular Hbond substituents is 2. The van der Waals surface area contributed by atoms with Crippen LogP contribution in [0.25, 0.3) is 21.9 Å². The van der Waals surface area contributed by atoms with Crippen molar-refractivity contribution >= 4 is 10.8 Å². The summed E-state index contributed by atoms with van der Waals surface area (Å²) in [6.07, 6.45) is 0. The Bertz CT molecular complexity index is 740. The van der Waals surface area contributed by atoms with Gasteiger partial charge in [-0.05, 0) is 64.7 Å². The summed E-state index contributed by atoms with van der Waals surface area (Å²) in [4.78, 5) is 0. The second-order valence-corrected chi connectivity index (χ2v) is 4.80. The van der Waals surface area contributed by atoms with Crippen LogP contribution in [0, 0.1) is 6.92 Å². The molecule has 3 rings (SSSR count). The summed E-state index contributed by atoms with van der Waals surface area (Å²) in [7, 11) is 0. The van der Waals surface area contributed by atoms with E-state index in [9.17, 15) is 10.2 Å². The van der Waals surface area contributed by atoms with Crippen molar-refractivity contribution < 1.29 is 10.2 Å². The number of rotatable bonds is 1. The predicted molar refractivity (Wildman–Crippen MR) is 77.5 cm³/mol. The Balaban J connectivity index is 2.17. The summed E-state index contributed by atoms with van der Waals surface area (Å²) < 4.78 is 0. The minimum absolute atomic E-state index is 0.272. The van der Waals surface area contributed by atoms with Crippen molar-refractivity contribution in [3.8, 4) is 22.6 Å². The third-order valence-corrected chi connectivity index (χ3v) is 3.22. The first kappa shape index (κ1) is 11.6. The van der Waals surface area contributed by atoms with Gasteiger partial charge in [-0.3, -0.25) is 0 Å². The molecule has 3 aromatic rings. The topological polar surface area (TPSA) is 40.5 Å². The molecule has 0 saturated carbocycles. The fourth-order valence-electron chi connectivity index (χ4n) is 2.34. The van der Waals surface area contributed by atoms with Gasteiger partial charge in [-0.2, -0.15) is 0 Å². The largest absolute Gasteiger partial charge is 0.508 e. The van der Waals surface area contributed by atoms with Crippen molar-refractivity contribution in [2.45, 2.75) is 6.92 Å². The molecule has 0 aromatic heterocycles. The summed E-state index contributed by atoms with van der Waals surface area (Å²) in [6, 6.07) is 16.9. The summed E-state index contributed by atoms with van der Waals surface area (Å²) in [5.74, 6) is 0.550. The van der Waals surface area contributed by atoms with Crippen LogP contribution in [0.5, 0.6) is 11.5 Å². The van der Waals surface area contributed by atoms with Gasteiger partial charge in [0.05, 0.1) is 0 Å². The van der Waals surface area contributed by atoms with Crippen LogP contribution < -0.4 is 0 Å². The van der Waals surface area contributed by atoms with Gasteiger partial charge in [0.25, 0.3) is 0 Å². The Morgan fingerprint density at radius 1 is 0.632 bits per heavy atom. The number of aromatic hydroxyl groups is 2. The number of aryl methyl sites for hydroxylation is 1. The van der Waals surface area contributed by atoms with Crippen molar-refractivity contribution in [3.63, 3.8) is 0 Å². The lowest BCUT2D eigenvalue weighted by Crippen LogP contribution is -1.81. The number of hydrogen-bond acceptors (Lipinski definition) is 2. The molecule has 0 aliphatic heterocycles. The summed E-state index contributed by atoms with van der Waals surface area (Å²) in [6.45, 7) is 1.96. The maximum absolute atomic E-state index is 9.67. The van der Waals surface area contributed by atoms with Gasteiger partial charge < -0.3 is 10.2 Å². The molecule has 0 bridgehead atoms. The number of phenols is 2. The Hall–Kier alpha value is -2.48. The first-order valence-electron chi connectivity index (χ1n) is 6.16. The van der Waals surface area contributed by atoms with Gasteiger partial charge in [0, 0.05) is 0 Å². The smallest absolute Gasteiger partial charge is 0.116 e. The lowest BCUT2D eigenvalue weighted by Gasteiger charge is -2.06. The third kappa shape index (κ3) is 2.25. The molecular formula is C17H14O2. The minimum Gasteiger partial charge on any atom is -0.508 e. The van der Waals surface area contributed by atoms with Crippen LogP contribution in [-0.2, 0) is 0 Å². The first-order valence-corrected chi connectivity index (χ1v) is 6.16. The molecule has 0 aliphatic rings. The fourth-order valence-corrected chi connectivity index (χ4v) is 2.34. The normalized spacial score (nSPS) is 10.8. The SMILES string of the molecule is Cc1cc(O)cc(-c2ccc3cc(O)ccc3c2)c1. The van der Waals surface area contributed by atoms with Gasteiger partial charge in [0.15, 0.2) is 0 Å². The molecule has 2 N–H and O–H groups in total. The standard InChI is InChI=1S/C17H14O2/c1-11-6-15(10-17(19)7-11)13-2-3-14-9-16(18)5-4-12(14)8-13/h2-10,18-19H,1H3. The van der Waals surface area contributed by atoms with E-state index in [1.165, 1.54) is 0 Å². The van der Waals surface area contributed by atoms with E-state index in [1.807, 2.05) is 31.2 Å². The summed E-state index contributed by atoms with van der Waals surface area (Å²) >= 11 is 0. The highest BCUT2D eigenvalue weighted by Gasteiger charge is 2.03. The van der Waals surface area contributed by atoms with Crippen molar-refractivity contribution in [2.24, 2.45) is 0 Å². The van der Waals surface area contributed by atoms with E-state index >= 15 is 0 Å². The van der Waals surface area contributed by atoms with Crippen LogP contribution in [0.1, 0.15) is 5.56 Å². The molecule has 0 saturated heterocycles. The van der Waals surface area contributed by atoms with Gasteiger partial charge in [0.1, 0.15) is 11.5 Å². The second kappa shape index (κ2) is 4.32. The lowest BCUT2D eigenvalue weighted by atomic mass is 9.99. The highest BCUT2D eigenvalue weighted by Crippen LogP contribution is 2.29. The molecule has 2 heteroatoms. The molecule has 94 valence electrons.